The second-order valence-electron chi connectivity index (χ2n) is 8.70. The lowest BCUT2D eigenvalue weighted by Gasteiger charge is -2.29. The average Bonchev–Trinajstić information content (AvgIpc) is 2.75. The molecule has 1 fully saturated rings. The topological polar surface area (TPSA) is 117 Å². The number of rotatable bonds is 8. The highest BCUT2D eigenvalue weighted by Gasteiger charge is 2.24. The maximum atomic E-state index is 14.4. The van der Waals surface area contributed by atoms with Crippen LogP contribution in [0.2, 0.25) is 0 Å². The summed E-state index contributed by atoms with van der Waals surface area (Å²) in [6.07, 6.45) is 5.17. The summed E-state index contributed by atoms with van der Waals surface area (Å²) in [5, 5.41) is 2.90. The van der Waals surface area contributed by atoms with Gasteiger partial charge in [-0.1, -0.05) is 0 Å². The molecule has 0 unspecified atom stereocenters. The van der Waals surface area contributed by atoms with Crippen molar-refractivity contribution in [2.45, 2.75) is 63.5 Å². The molecular formula is C23H30FN3O6S. The van der Waals surface area contributed by atoms with E-state index in [4.69, 9.17) is 14.2 Å². The van der Waals surface area contributed by atoms with E-state index < -0.39 is 15.7 Å². The molecule has 0 atom stereocenters. The third kappa shape index (κ3) is 7.02. The number of hydrogen-bond donors (Lipinski definition) is 1. The molecule has 9 nitrogen and oxygen atoms in total. The van der Waals surface area contributed by atoms with Gasteiger partial charge in [0, 0.05) is 12.3 Å². The molecule has 1 aromatic carbocycles. The molecule has 1 heterocycles. The van der Waals surface area contributed by atoms with Crippen molar-refractivity contribution in [3.05, 3.63) is 35.9 Å². The summed E-state index contributed by atoms with van der Waals surface area (Å²) < 4.78 is 54.1. The lowest BCUT2D eigenvalue weighted by molar-refractivity contribution is 0.107. The number of nitrogens with one attached hydrogen (secondary N) is 1. The first kappa shape index (κ1) is 25.7. The number of alkyl carbamates (subject to hydrolysis) is 1. The molecule has 1 amide bonds. The maximum Gasteiger partial charge on any atom is 0.407 e. The van der Waals surface area contributed by atoms with Gasteiger partial charge in [0.25, 0.3) is 0 Å². The standard InChI is InChI=1S/C23H30FN3O6S/c1-14(2)32-23(28)27-17-7-5-16(6-8-17)12-31-21-15(3)22(26-13-25-21)33-20-10-9-18(11-19(20)24)34(4,29)30/h9-11,13-14,16-17H,5-8,12H2,1-4H3,(H,27,28). The zero-order valence-electron chi connectivity index (χ0n) is 19.7. The van der Waals surface area contributed by atoms with E-state index >= 15 is 0 Å². The molecule has 0 spiro atoms. The summed E-state index contributed by atoms with van der Waals surface area (Å²) in [6, 6.07) is 3.52. The molecule has 34 heavy (non-hydrogen) atoms. The second-order valence-corrected chi connectivity index (χ2v) is 10.7. The number of carbonyl (C=O) groups is 1. The van der Waals surface area contributed by atoms with E-state index in [-0.39, 0.29) is 34.8 Å². The minimum atomic E-state index is -3.53. The van der Waals surface area contributed by atoms with Crippen molar-refractivity contribution in [3.63, 3.8) is 0 Å². The molecule has 1 saturated carbocycles. The zero-order chi connectivity index (χ0) is 24.9. The first-order chi connectivity index (χ1) is 16.0. The highest BCUT2D eigenvalue weighted by atomic mass is 32.2. The Bertz CT molecular complexity index is 1120. The normalized spacial score (nSPS) is 18.4. The van der Waals surface area contributed by atoms with Crippen molar-refractivity contribution in [3.8, 4) is 17.5 Å². The number of benzene rings is 1. The summed E-state index contributed by atoms with van der Waals surface area (Å²) in [5.41, 5.74) is 0.501. The highest BCUT2D eigenvalue weighted by Crippen LogP contribution is 2.31. The third-order valence-electron chi connectivity index (χ3n) is 5.50. The van der Waals surface area contributed by atoms with Crippen molar-refractivity contribution in [2.24, 2.45) is 5.92 Å². The quantitative estimate of drug-likeness (QED) is 0.579. The zero-order valence-corrected chi connectivity index (χ0v) is 20.5. The molecule has 1 aliphatic carbocycles. The molecule has 11 heteroatoms. The molecule has 0 bridgehead atoms. The summed E-state index contributed by atoms with van der Waals surface area (Å²) >= 11 is 0. The number of aromatic nitrogens is 2. The lowest BCUT2D eigenvalue weighted by Crippen LogP contribution is -2.39. The largest absolute Gasteiger partial charge is 0.477 e. The molecule has 1 N–H and O–H groups in total. The van der Waals surface area contributed by atoms with Gasteiger partial charge in [-0.15, -0.1) is 0 Å². The van der Waals surface area contributed by atoms with Gasteiger partial charge in [0.1, 0.15) is 6.33 Å². The van der Waals surface area contributed by atoms with E-state index in [0.29, 0.717) is 24.0 Å². The minimum absolute atomic E-state index is 0.0901. The van der Waals surface area contributed by atoms with Crippen LogP contribution in [0.15, 0.2) is 29.4 Å². The number of nitrogens with zero attached hydrogens (tertiary/aromatic N) is 2. The number of hydrogen-bond acceptors (Lipinski definition) is 8. The van der Waals surface area contributed by atoms with E-state index in [1.54, 1.807) is 6.92 Å². The Kier molecular flexibility index (Phi) is 8.29. The molecule has 1 aliphatic rings. The van der Waals surface area contributed by atoms with Gasteiger partial charge < -0.3 is 19.5 Å². The predicted molar refractivity (Wildman–Crippen MR) is 122 cm³/mol. The maximum absolute atomic E-state index is 14.4. The van der Waals surface area contributed by atoms with Gasteiger partial charge in [-0.05, 0) is 70.6 Å². The Morgan fingerprint density at radius 3 is 2.47 bits per heavy atom. The van der Waals surface area contributed by atoms with Crippen LogP contribution in [0, 0.1) is 18.7 Å². The van der Waals surface area contributed by atoms with Crippen LogP contribution in [0.1, 0.15) is 45.1 Å². The van der Waals surface area contributed by atoms with E-state index in [2.05, 4.69) is 15.3 Å². The average molecular weight is 496 g/mol. The van der Waals surface area contributed by atoms with Crippen molar-refractivity contribution in [2.75, 3.05) is 12.9 Å². The number of amides is 1. The first-order valence-electron chi connectivity index (χ1n) is 11.1. The monoisotopic (exact) mass is 495 g/mol. The fraction of sp³-hybridized carbons (Fsp3) is 0.522. The Morgan fingerprint density at radius 2 is 1.85 bits per heavy atom. The molecule has 2 aromatic rings. The Labute approximate surface area is 199 Å². The van der Waals surface area contributed by atoms with Crippen LogP contribution in [0.25, 0.3) is 0 Å². The second kappa shape index (κ2) is 11.0. The van der Waals surface area contributed by atoms with Crippen molar-refractivity contribution in [1.29, 1.82) is 0 Å². The Hall–Kier alpha value is -2.95. The molecular weight excluding hydrogens is 465 g/mol. The molecule has 186 valence electrons. The molecule has 0 radical (unpaired) electrons. The SMILES string of the molecule is Cc1c(OCC2CCC(NC(=O)OC(C)C)CC2)ncnc1Oc1ccc(S(C)(=O)=O)cc1F. The van der Waals surface area contributed by atoms with Crippen LogP contribution in [0.5, 0.6) is 17.5 Å². The molecule has 3 rings (SSSR count). The smallest absolute Gasteiger partial charge is 0.407 e. The minimum Gasteiger partial charge on any atom is -0.477 e. The van der Waals surface area contributed by atoms with Gasteiger partial charge in [-0.2, -0.15) is 0 Å². The van der Waals surface area contributed by atoms with E-state index in [1.807, 2.05) is 13.8 Å². The summed E-state index contributed by atoms with van der Waals surface area (Å²) in [4.78, 5) is 19.8. The van der Waals surface area contributed by atoms with Crippen molar-refractivity contribution in [1.82, 2.24) is 15.3 Å². The Balaban J connectivity index is 1.55. The van der Waals surface area contributed by atoms with Crippen molar-refractivity contribution < 1.29 is 31.8 Å². The molecule has 0 saturated heterocycles. The number of halogens is 1. The third-order valence-corrected chi connectivity index (χ3v) is 6.61. The number of ether oxygens (including phenoxy) is 3. The lowest BCUT2D eigenvalue weighted by atomic mass is 9.86. The Morgan fingerprint density at radius 1 is 1.18 bits per heavy atom. The fourth-order valence-electron chi connectivity index (χ4n) is 3.65. The van der Waals surface area contributed by atoms with Gasteiger partial charge in [-0.3, -0.25) is 0 Å². The van der Waals surface area contributed by atoms with Gasteiger partial charge in [0.05, 0.1) is 23.2 Å². The van der Waals surface area contributed by atoms with Crippen LogP contribution in [-0.4, -0.2) is 49.5 Å². The molecule has 0 aliphatic heterocycles. The number of carbonyl (C=O) groups excluding carboxylic acids is 1. The predicted octanol–water partition coefficient (Wildman–Crippen LogP) is 4.19. The van der Waals surface area contributed by atoms with Crippen molar-refractivity contribution >= 4 is 15.9 Å². The summed E-state index contributed by atoms with van der Waals surface area (Å²) in [5.74, 6) is -0.210. The van der Waals surface area contributed by atoms with Gasteiger partial charge in [0.2, 0.25) is 11.8 Å². The fourth-order valence-corrected chi connectivity index (χ4v) is 4.28. The summed E-state index contributed by atoms with van der Waals surface area (Å²) in [7, 11) is -3.53. The first-order valence-corrected chi connectivity index (χ1v) is 13.0. The summed E-state index contributed by atoms with van der Waals surface area (Å²) in [6.45, 7) is 5.77. The molecule has 1 aromatic heterocycles. The van der Waals surface area contributed by atoms with Crippen LogP contribution >= 0.6 is 0 Å². The number of sulfone groups is 1. The van der Waals surface area contributed by atoms with E-state index in [1.165, 1.54) is 18.5 Å². The van der Waals surface area contributed by atoms with Gasteiger partial charge >= 0.3 is 6.09 Å². The van der Waals surface area contributed by atoms with Gasteiger partial charge in [0.15, 0.2) is 21.4 Å². The van der Waals surface area contributed by atoms with E-state index in [9.17, 15) is 17.6 Å². The van der Waals surface area contributed by atoms with Gasteiger partial charge in [-0.25, -0.2) is 27.6 Å². The van der Waals surface area contributed by atoms with E-state index in [0.717, 1.165) is 38.0 Å². The highest BCUT2D eigenvalue weighted by molar-refractivity contribution is 7.90. The van der Waals surface area contributed by atoms with Crippen LogP contribution in [-0.2, 0) is 14.6 Å². The van der Waals surface area contributed by atoms with Crippen LogP contribution in [0.3, 0.4) is 0 Å². The van der Waals surface area contributed by atoms with Crippen LogP contribution < -0.4 is 14.8 Å². The van der Waals surface area contributed by atoms with Crippen LogP contribution in [0.4, 0.5) is 9.18 Å².